The number of imidazole rings is 1. The number of aromatic amines is 1. The van der Waals surface area contributed by atoms with E-state index in [0.717, 1.165) is 6.54 Å². The van der Waals surface area contributed by atoms with Gasteiger partial charge in [-0.3, -0.25) is 4.79 Å². The van der Waals surface area contributed by atoms with Crippen molar-refractivity contribution in [1.82, 2.24) is 25.2 Å². The molecular formula is C10H15N6OS+. The fourth-order valence-electron chi connectivity index (χ4n) is 1.47. The lowest BCUT2D eigenvalue weighted by molar-refractivity contribution is -0.671. The summed E-state index contributed by atoms with van der Waals surface area (Å²) in [5.74, 6) is 1.34. The fourth-order valence-corrected chi connectivity index (χ4v) is 2.22. The first kappa shape index (κ1) is 12.7. The number of nitrogens with one attached hydrogen (secondary N) is 1. The van der Waals surface area contributed by atoms with Crippen molar-refractivity contribution in [3.8, 4) is 0 Å². The van der Waals surface area contributed by atoms with Gasteiger partial charge in [0.15, 0.2) is 10.9 Å². The van der Waals surface area contributed by atoms with Crippen molar-refractivity contribution < 1.29 is 9.36 Å². The van der Waals surface area contributed by atoms with Gasteiger partial charge in [-0.15, -0.1) is 10.2 Å². The molecule has 0 fully saturated rings. The number of H-pyrrole nitrogens is 1. The number of hydrogen-bond donors (Lipinski definition) is 1. The third kappa shape index (κ3) is 3.95. The molecule has 0 radical (unpaired) electrons. The molecule has 7 nitrogen and oxygen atoms in total. The van der Waals surface area contributed by atoms with Crippen molar-refractivity contribution in [2.24, 2.45) is 7.05 Å². The number of aromatic nitrogens is 6. The van der Waals surface area contributed by atoms with Gasteiger partial charge in [0, 0.05) is 12.2 Å². The van der Waals surface area contributed by atoms with Gasteiger partial charge in [0.25, 0.3) is 0 Å². The highest BCUT2D eigenvalue weighted by Gasteiger charge is 2.07. The SMILES string of the molecule is C[n+]1ccn(CCC(=O)SCCc2nn[nH]n2)c1. The third-order valence-corrected chi connectivity index (χ3v) is 3.31. The van der Waals surface area contributed by atoms with Crippen molar-refractivity contribution in [2.75, 3.05) is 5.75 Å². The first-order valence-electron chi connectivity index (χ1n) is 5.63. The lowest BCUT2D eigenvalue weighted by Crippen LogP contribution is -2.23. The summed E-state index contributed by atoms with van der Waals surface area (Å²) in [5, 5.41) is 13.7. The molecule has 0 amide bonds. The van der Waals surface area contributed by atoms with Crippen molar-refractivity contribution in [3.05, 3.63) is 24.5 Å². The number of nitrogens with zero attached hydrogens (tertiary/aromatic N) is 5. The first-order valence-corrected chi connectivity index (χ1v) is 6.61. The molecule has 2 rings (SSSR count). The van der Waals surface area contributed by atoms with Crippen LogP contribution in [0.2, 0.25) is 0 Å². The molecule has 0 saturated carbocycles. The first-order chi connectivity index (χ1) is 8.74. The molecule has 0 bridgehead atoms. The molecule has 0 aliphatic rings. The van der Waals surface area contributed by atoms with E-state index >= 15 is 0 Å². The number of thioether (sulfide) groups is 1. The minimum absolute atomic E-state index is 0.190. The van der Waals surface area contributed by atoms with Gasteiger partial charge >= 0.3 is 0 Å². The van der Waals surface area contributed by atoms with Gasteiger partial charge < -0.3 is 0 Å². The zero-order valence-electron chi connectivity index (χ0n) is 10.1. The quantitative estimate of drug-likeness (QED) is 0.728. The van der Waals surface area contributed by atoms with Crippen LogP contribution in [0.25, 0.3) is 0 Å². The summed E-state index contributed by atoms with van der Waals surface area (Å²) >= 11 is 1.32. The van der Waals surface area contributed by atoms with Crippen LogP contribution >= 0.6 is 11.8 Å². The summed E-state index contributed by atoms with van der Waals surface area (Å²) in [7, 11) is 1.96. The number of rotatable bonds is 6. The van der Waals surface area contributed by atoms with Crippen LogP contribution in [0.15, 0.2) is 18.7 Å². The van der Waals surface area contributed by atoms with Crippen LogP contribution in [0.5, 0.6) is 0 Å². The second-order valence-electron chi connectivity index (χ2n) is 3.87. The minimum Gasteiger partial charge on any atom is -0.287 e. The second-order valence-corrected chi connectivity index (χ2v) is 5.02. The summed E-state index contributed by atoms with van der Waals surface area (Å²) in [4.78, 5) is 11.6. The maximum Gasteiger partial charge on any atom is 0.243 e. The summed E-state index contributed by atoms with van der Waals surface area (Å²) in [6, 6.07) is 0. The van der Waals surface area contributed by atoms with E-state index in [1.807, 2.05) is 34.9 Å². The number of tetrazole rings is 1. The molecule has 0 spiro atoms. The van der Waals surface area contributed by atoms with Crippen molar-refractivity contribution in [2.45, 2.75) is 19.4 Å². The van der Waals surface area contributed by atoms with E-state index in [1.165, 1.54) is 11.8 Å². The van der Waals surface area contributed by atoms with Crippen LogP contribution in [0.1, 0.15) is 12.2 Å². The molecule has 0 atom stereocenters. The summed E-state index contributed by atoms with van der Waals surface area (Å²) < 4.78 is 3.95. The van der Waals surface area contributed by atoms with Crippen LogP contribution in [0, 0.1) is 0 Å². The molecule has 2 heterocycles. The van der Waals surface area contributed by atoms with E-state index in [1.54, 1.807) is 0 Å². The highest BCUT2D eigenvalue weighted by molar-refractivity contribution is 8.13. The standard InChI is InChI=1S/C10H15N6OS/c1-15-5-6-16(8-15)4-2-10(17)18-7-3-9-11-13-14-12-9/h5-6,8H,2-4,7H2,1H3,(H,11,12,13,14)/q+1. The molecule has 18 heavy (non-hydrogen) atoms. The molecule has 1 N–H and O–H groups in total. The van der Waals surface area contributed by atoms with Crippen LogP contribution < -0.4 is 4.57 Å². The van der Waals surface area contributed by atoms with Crippen molar-refractivity contribution in [3.63, 3.8) is 0 Å². The van der Waals surface area contributed by atoms with Crippen LogP contribution in [-0.4, -0.2) is 36.1 Å². The number of carbonyl (C=O) groups is 1. The van der Waals surface area contributed by atoms with Crippen LogP contribution in [0.4, 0.5) is 0 Å². The van der Waals surface area contributed by atoms with Gasteiger partial charge in [0.2, 0.25) is 6.33 Å². The van der Waals surface area contributed by atoms with E-state index in [2.05, 4.69) is 20.6 Å². The van der Waals surface area contributed by atoms with E-state index < -0.39 is 0 Å². The molecular weight excluding hydrogens is 252 g/mol. The molecule has 8 heteroatoms. The summed E-state index contributed by atoms with van der Waals surface area (Å²) in [6.07, 6.45) is 7.05. The average Bonchev–Trinajstić information content (AvgIpc) is 2.98. The van der Waals surface area contributed by atoms with Gasteiger partial charge in [0.1, 0.15) is 12.4 Å². The molecule has 0 saturated heterocycles. The van der Waals surface area contributed by atoms with Crippen LogP contribution in [0.3, 0.4) is 0 Å². The third-order valence-electron chi connectivity index (χ3n) is 2.38. The predicted molar refractivity (Wildman–Crippen MR) is 65.6 cm³/mol. The van der Waals surface area contributed by atoms with Crippen molar-refractivity contribution in [1.29, 1.82) is 0 Å². The van der Waals surface area contributed by atoms with E-state index in [4.69, 9.17) is 0 Å². The molecule has 96 valence electrons. The second kappa shape index (κ2) is 6.29. The van der Waals surface area contributed by atoms with Gasteiger partial charge in [-0.1, -0.05) is 17.0 Å². The normalized spacial score (nSPS) is 10.7. The summed E-state index contributed by atoms with van der Waals surface area (Å²) in [5.41, 5.74) is 0. The maximum absolute atomic E-state index is 11.6. The molecule has 0 aliphatic heterocycles. The van der Waals surface area contributed by atoms with Gasteiger partial charge in [0.05, 0.1) is 20.0 Å². The topological polar surface area (TPSA) is 80.3 Å². The Morgan fingerprint density at radius 1 is 1.61 bits per heavy atom. The lowest BCUT2D eigenvalue weighted by Gasteiger charge is -1.97. The number of aryl methyl sites for hydroxylation is 3. The van der Waals surface area contributed by atoms with E-state index in [0.29, 0.717) is 24.4 Å². The van der Waals surface area contributed by atoms with Crippen LogP contribution in [-0.2, 0) is 24.8 Å². The minimum atomic E-state index is 0.190. The predicted octanol–water partition coefficient (Wildman–Crippen LogP) is -0.282. The van der Waals surface area contributed by atoms with E-state index in [9.17, 15) is 4.79 Å². The van der Waals surface area contributed by atoms with Gasteiger partial charge in [-0.05, 0) is 0 Å². The molecule has 0 aliphatic carbocycles. The summed E-state index contributed by atoms with van der Waals surface area (Å²) in [6.45, 7) is 0.717. The van der Waals surface area contributed by atoms with E-state index in [-0.39, 0.29) is 5.12 Å². The number of hydrogen-bond acceptors (Lipinski definition) is 5. The molecule has 2 aromatic heterocycles. The highest BCUT2D eigenvalue weighted by Crippen LogP contribution is 2.08. The van der Waals surface area contributed by atoms with Gasteiger partial charge in [-0.25, -0.2) is 9.13 Å². The smallest absolute Gasteiger partial charge is 0.243 e. The molecule has 0 aromatic carbocycles. The maximum atomic E-state index is 11.6. The zero-order chi connectivity index (χ0) is 12.8. The Bertz CT molecular complexity index is 494. The Morgan fingerprint density at radius 3 is 3.17 bits per heavy atom. The Hall–Kier alpha value is -1.70. The average molecular weight is 267 g/mol. The highest BCUT2D eigenvalue weighted by atomic mass is 32.2. The Kier molecular flexibility index (Phi) is 4.46. The lowest BCUT2D eigenvalue weighted by atomic mass is 10.4. The monoisotopic (exact) mass is 267 g/mol. The fraction of sp³-hybridized carbons (Fsp3) is 0.500. The zero-order valence-corrected chi connectivity index (χ0v) is 10.9. The Labute approximate surface area is 109 Å². The Balaban J connectivity index is 1.63. The number of carbonyl (C=O) groups excluding carboxylic acids is 1. The largest absolute Gasteiger partial charge is 0.287 e. The molecule has 2 aromatic rings. The Morgan fingerprint density at radius 2 is 2.50 bits per heavy atom. The van der Waals surface area contributed by atoms with Crippen molar-refractivity contribution >= 4 is 16.9 Å². The van der Waals surface area contributed by atoms with Gasteiger partial charge in [-0.2, -0.15) is 5.21 Å². The molecule has 0 unspecified atom stereocenters.